The zero-order chi connectivity index (χ0) is 38.0. The van der Waals surface area contributed by atoms with Gasteiger partial charge in [0, 0.05) is 41.5 Å². The Morgan fingerprint density at radius 1 is 1.23 bits per heavy atom. The number of nitrogens with one attached hydrogen (secondary N) is 2. The molecule has 272 valence electrons. The predicted molar refractivity (Wildman–Crippen MR) is 191 cm³/mol. The SMILES string of the molecule is C=[N+](/C=N\N(C)C[C@](O)(c1cc(F)ccc1F)[C@@H](C)c1nc(-c2ccc(C#N)cc2)cs1)C(C)OC(=O)N(C)c1[nH+]cccc1COC(=O)CNC. The molecule has 4 rings (SSSR count). The topological polar surface area (TPSA) is 158 Å². The minimum atomic E-state index is -2.02. The van der Waals surface area contributed by atoms with Gasteiger partial charge in [-0.2, -0.15) is 15.0 Å². The Hall–Kier alpha value is -5.63. The summed E-state index contributed by atoms with van der Waals surface area (Å²) >= 11 is 1.25. The van der Waals surface area contributed by atoms with E-state index in [4.69, 9.17) is 14.7 Å². The van der Waals surface area contributed by atoms with Crippen LogP contribution in [0.5, 0.6) is 0 Å². The number of thiazole rings is 1. The molecule has 0 radical (unpaired) electrons. The normalized spacial score (nSPS) is 13.4. The fraction of sp³-hybridized carbons (Fsp3) is 0.306. The molecule has 0 fully saturated rings. The summed E-state index contributed by atoms with van der Waals surface area (Å²) in [5, 5.41) is 31.9. The highest BCUT2D eigenvalue weighted by Gasteiger charge is 2.43. The molecule has 3 atom stereocenters. The van der Waals surface area contributed by atoms with Crippen LogP contribution >= 0.6 is 11.3 Å². The van der Waals surface area contributed by atoms with Gasteiger partial charge in [0.15, 0.2) is 0 Å². The lowest BCUT2D eigenvalue weighted by Crippen LogP contribution is -2.43. The standard InChI is InChI=1S/C36H39F2N8O5S/c1-23(34-43-31(20-52-34)26-11-9-25(17-39)10-12-26)36(49,29-16-28(37)13-14-30(29)38)21-45(5)42-22-44(4)24(2)51-35(48)46(6)33-27(8-7-15-41-33)19-50-32(47)18-40-3/h7-16,20,22-24,40,49H,4,18-19,21H2,1-3,5-6H3/q+1/p+1/b42-22-/t23-,24?,36+/m0/s1. The molecule has 0 spiro atoms. The highest BCUT2D eigenvalue weighted by atomic mass is 32.1. The van der Waals surface area contributed by atoms with Gasteiger partial charge >= 0.3 is 18.4 Å². The number of hydrogen-bond acceptors (Lipinski definition) is 11. The van der Waals surface area contributed by atoms with E-state index in [1.807, 2.05) is 0 Å². The molecule has 0 bridgehead atoms. The van der Waals surface area contributed by atoms with E-state index >= 15 is 4.39 Å². The summed E-state index contributed by atoms with van der Waals surface area (Å²) in [6, 6.07) is 15.2. The van der Waals surface area contributed by atoms with Gasteiger partial charge in [-0.15, -0.1) is 11.3 Å². The first-order valence-corrected chi connectivity index (χ1v) is 16.9. The van der Waals surface area contributed by atoms with Gasteiger partial charge in [0.2, 0.25) is 6.23 Å². The number of carbonyl (C=O) groups is 2. The number of esters is 1. The third-order valence-corrected chi connectivity index (χ3v) is 9.18. The number of likely N-dealkylation sites (N-methyl/N-ethyl adjacent to an activating group) is 2. The molecule has 1 unspecified atom stereocenters. The van der Waals surface area contributed by atoms with Crippen LogP contribution in [0.25, 0.3) is 11.3 Å². The Balaban J connectivity index is 1.48. The molecule has 2 heterocycles. The highest BCUT2D eigenvalue weighted by Crippen LogP contribution is 2.41. The molecule has 3 N–H and O–H groups in total. The minimum Gasteiger partial charge on any atom is -0.460 e. The van der Waals surface area contributed by atoms with Gasteiger partial charge in [-0.05, 0) is 49.5 Å². The number of anilines is 1. The van der Waals surface area contributed by atoms with Gasteiger partial charge in [-0.3, -0.25) is 4.79 Å². The molecular formula is C36H40F2N8O5S+2. The van der Waals surface area contributed by atoms with Crippen molar-refractivity contribution in [1.29, 1.82) is 5.26 Å². The Labute approximate surface area is 304 Å². The Bertz CT molecular complexity index is 1970. The lowest BCUT2D eigenvalue weighted by Gasteiger charge is -2.34. The molecule has 16 heteroatoms. The van der Waals surface area contributed by atoms with Crippen LogP contribution in [0.4, 0.5) is 19.4 Å². The molecule has 1 amide bonds. The molecule has 0 saturated carbocycles. The Morgan fingerprint density at radius 3 is 2.65 bits per heavy atom. The third-order valence-electron chi connectivity index (χ3n) is 8.16. The molecule has 13 nitrogen and oxygen atoms in total. The van der Waals surface area contributed by atoms with Crippen molar-refractivity contribution >= 4 is 42.3 Å². The molecule has 0 aliphatic carbocycles. The van der Waals surface area contributed by atoms with Crippen LogP contribution in [0.3, 0.4) is 0 Å². The number of benzene rings is 2. The van der Waals surface area contributed by atoms with Gasteiger partial charge in [0.05, 0.1) is 60.9 Å². The fourth-order valence-corrected chi connectivity index (χ4v) is 6.06. The van der Waals surface area contributed by atoms with Crippen LogP contribution in [0, 0.1) is 23.0 Å². The molecule has 52 heavy (non-hydrogen) atoms. The lowest BCUT2D eigenvalue weighted by molar-refractivity contribution is -0.486. The molecule has 4 aromatic rings. The van der Waals surface area contributed by atoms with E-state index < -0.39 is 41.4 Å². The van der Waals surface area contributed by atoms with Crippen LogP contribution in [-0.4, -0.2) is 85.3 Å². The monoisotopic (exact) mass is 734 g/mol. The molecule has 2 aromatic carbocycles. The zero-order valence-electron chi connectivity index (χ0n) is 29.3. The van der Waals surface area contributed by atoms with Gasteiger partial charge < -0.3 is 19.9 Å². The summed E-state index contributed by atoms with van der Waals surface area (Å²) in [6.07, 6.45) is 1.19. The number of carbonyl (C=O) groups excluding carboxylic acids is 2. The van der Waals surface area contributed by atoms with Gasteiger partial charge in [0.1, 0.15) is 23.8 Å². The van der Waals surface area contributed by atoms with Crippen LogP contribution in [0.1, 0.15) is 41.5 Å². The van der Waals surface area contributed by atoms with E-state index in [9.17, 15) is 19.1 Å². The molecule has 0 saturated heterocycles. The van der Waals surface area contributed by atoms with Crippen LogP contribution in [0.15, 0.2) is 71.3 Å². The quantitative estimate of drug-likeness (QED) is 0.0456. The number of halogens is 2. The van der Waals surface area contributed by atoms with Crippen molar-refractivity contribution in [3.05, 3.63) is 99.5 Å². The molecular weight excluding hydrogens is 695 g/mol. The van der Waals surface area contributed by atoms with Crippen molar-refractivity contribution < 1.29 is 42.5 Å². The third kappa shape index (κ3) is 9.57. The Kier molecular flexibility index (Phi) is 13.2. The molecule has 2 aromatic heterocycles. The average Bonchev–Trinajstić information content (AvgIpc) is 3.64. The molecule has 0 aliphatic rings. The summed E-state index contributed by atoms with van der Waals surface area (Å²) in [5.41, 5.74) is 0.0860. The fourth-order valence-electron chi connectivity index (χ4n) is 5.09. The number of aromatic amines is 1. The second kappa shape index (κ2) is 17.5. The smallest absolute Gasteiger partial charge is 0.460 e. The number of H-pyrrole nitrogens is 1. The number of hydrogen-bond donors (Lipinski definition) is 2. The minimum absolute atomic E-state index is 0.0328. The van der Waals surface area contributed by atoms with Crippen molar-refractivity contribution in [3.8, 4) is 17.3 Å². The highest BCUT2D eigenvalue weighted by molar-refractivity contribution is 7.10. The largest absolute Gasteiger partial charge is 0.510 e. The number of nitriles is 1. The van der Waals surface area contributed by atoms with E-state index in [-0.39, 0.29) is 25.3 Å². The summed E-state index contributed by atoms with van der Waals surface area (Å²) in [6.45, 7) is 6.76. The van der Waals surface area contributed by atoms with Crippen molar-refractivity contribution in [2.24, 2.45) is 5.10 Å². The number of rotatable bonds is 15. The summed E-state index contributed by atoms with van der Waals surface area (Å²) in [5.74, 6) is -2.49. The second-order valence-electron chi connectivity index (χ2n) is 11.9. The number of aromatic nitrogens is 2. The zero-order valence-corrected chi connectivity index (χ0v) is 30.2. The predicted octanol–water partition coefficient (Wildman–Crippen LogP) is 4.24. The number of nitrogens with zero attached hydrogens (tertiary/aromatic N) is 6. The van der Waals surface area contributed by atoms with E-state index in [1.165, 1.54) is 46.3 Å². The number of aliphatic hydroxyl groups is 1. The van der Waals surface area contributed by atoms with Crippen molar-refractivity contribution in [1.82, 2.24) is 15.3 Å². The van der Waals surface area contributed by atoms with Crippen LogP contribution in [0.2, 0.25) is 0 Å². The van der Waals surface area contributed by atoms with Crippen LogP contribution in [-0.2, 0) is 26.5 Å². The van der Waals surface area contributed by atoms with Gasteiger partial charge in [0.25, 0.3) is 5.82 Å². The van der Waals surface area contributed by atoms with E-state index in [2.05, 4.69) is 33.2 Å². The van der Waals surface area contributed by atoms with Crippen molar-refractivity contribution in [2.75, 3.05) is 39.1 Å². The summed E-state index contributed by atoms with van der Waals surface area (Å²) in [7, 11) is 4.64. The van der Waals surface area contributed by atoms with E-state index in [1.54, 1.807) is 68.9 Å². The van der Waals surface area contributed by atoms with Crippen molar-refractivity contribution in [3.63, 3.8) is 0 Å². The lowest BCUT2D eigenvalue weighted by atomic mass is 9.81. The van der Waals surface area contributed by atoms with Crippen LogP contribution < -0.4 is 15.2 Å². The maximum absolute atomic E-state index is 15.3. The van der Waals surface area contributed by atoms with Crippen molar-refractivity contribution in [2.45, 2.75) is 38.2 Å². The first-order chi connectivity index (χ1) is 24.8. The maximum Gasteiger partial charge on any atom is 0.510 e. The Morgan fingerprint density at radius 2 is 1.96 bits per heavy atom. The second-order valence-corrected chi connectivity index (χ2v) is 12.8. The number of ether oxygens (including phenoxy) is 2. The van der Waals surface area contributed by atoms with Gasteiger partial charge in [-0.1, -0.05) is 19.1 Å². The maximum atomic E-state index is 15.3. The first kappa shape index (κ1) is 39.2. The molecule has 0 aliphatic heterocycles. The van der Waals surface area contributed by atoms with Gasteiger partial charge in [-0.25, -0.2) is 28.3 Å². The average molecular weight is 735 g/mol. The summed E-state index contributed by atoms with van der Waals surface area (Å²) in [4.78, 5) is 33.7. The number of pyridine rings is 1. The van der Waals surface area contributed by atoms with E-state index in [0.717, 1.165) is 23.8 Å². The number of amides is 1. The number of hydrazone groups is 1. The van der Waals surface area contributed by atoms with E-state index in [0.29, 0.717) is 27.6 Å². The summed E-state index contributed by atoms with van der Waals surface area (Å²) < 4.78 is 41.8. The first-order valence-electron chi connectivity index (χ1n) is 16.0.